The first-order valence-corrected chi connectivity index (χ1v) is 6.49. The molecule has 0 spiro atoms. The molecule has 0 atom stereocenters. The zero-order chi connectivity index (χ0) is 12.9. The second kappa shape index (κ2) is 3.81. The third-order valence-electron chi connectivity index (χ3n) is 3.21. The number of nitrogens with zero attached hydrogens (tertiary/aromatic N) is 3. The molecule has 1 N–H and O–H groups in total. The van der Waals surface area contributed by atoms with Gasteiger partial charge >= 0.3 is 5.97 Å². The lowest BCUT2D eigenvalue weighted by molar-refractivity contribution is -0.140. The molecule has 18 heavy (non-hydrogen) atoms. The molecule has 1 aliphatic carbocycles. The average Bonchev–Trinajstić information content (AvgIpc) is 3.04. The summed E-state index contributed by atoms with van der Waals surface area (Å²) < 4.78 is 7.70. The lowest BCUT2D eigenvalue weighted by Gasteiger charge is -2.01. The van der Waals surface area contributed by atoms with Crippen LogP contribution in [0.15, 0.2) is 12.1 Å². The third kappa shape index (κ3) is 1.49. The number of hydrogen-bond donors (Lipinski definition) is 1. The normalized spacial score (nSPS) is 16.8. The Bertz CT molecular complexity index is 648. The fraction of sp³-hybridized carbons (Fsp3) is 0.364. The SMILES string of the molecule is COc1ccc(I)n2nc(C3(C(=O)O)CC3)nc12. The summed E-state index contributed by atoms with van der Waals surface area (Å²) in [5.74, 6) is 0.111. The van der Waals surface area contributed by atoms with Gasteiger partial charge in [0.1, 0.15) is 9.12 Å². The van der Waals surface area contributed by atoms with E-state index >= 15 is 0 Å². The van der Waals surface area contributed by atoms with E-state index in [2.05, 4.69) is 32.7 Å². The molecule has 1 fully saturated rings. The van der Waals surface area contributed by atoms with Gasteiger partial charge in [0.25, 0.3) is 0 Å². The Hall–Kier alpha value is -1.38. The average molecular weight is 359 g/mol. The number of aromatic nitrogens is 3. The predicted octanol–water partition coefficient (Wildman–Crippen LogP) is 1.46. The second-order valence-corrected chi connectivity index (χ2v) is 5.39. The Balaban J connectivity index is 2.23. The Morgan fingerprint density at radius 3 is 2.83 bits per heavy atom. The van der Waals surface area contributed by atoms with E-state index in [9.17, 15) is 9.90 Å². The van der Waals surface area contributed by atoms with Gasteiger partial charge in [-0.2, -0.15) is 0 Å². The first-order valence-electron chi connectivity index (χ1n) is 5.41. The van der Waals surface area contributed by atoms with E-state index < -0.39 is 11.4 Å². The highest BCUT2D eigenvalue weighted by Gasteiger charge is 2.55. The van der Waals surface area contributed by atoms with E-state index in [1.54, 1.807) is 17.7 Å². The number of halogens is 1. The smallest absolute Gasteiger partial charge is 0.317 e. The standard InChI is InChI=1S/C11H10IN3O3/c1-18-6-2-3-7(12)15-8(6)13-9(14-15)11(4-5-11)10(16)17/h2-3H,4-5H2,1H3,(H,16,17). The van der Waals surface area contributed by atoms with Crippen molar-refractivity contribution in [2.75, 3.05) is 7.11 Å². The Morgan fingerprint density at radius 1 is 1.56 bits per heavy atom. The molecule has 1 saturated carbocycles. The van der Waals surface area contributed by atoms with Crippen LogP contribution in [0.3, 0.4) is 0 Å². The van der Waals surface area contributed by atoms with Crippen molar-refractivity contribution in [1.82, 2.24) is 14.6 Å². The molecule has 2 aromatic rings. The van der Waals surface area contributed by atoms with Crippen molar-refractivity contribution in [3.05, 3.63) is 21.7 Å². The summed E-state index contributed by atoms with van der Waals surface area (Å²) in [5.41, 5.74) is -0.327. The molecule has 0 radical (unpaired) electrons. The van der Waals surface area contributed by atoms with Gasteiger partial charge in [-0.15, -0.1) is 5.10 Å². The number of fused-ring (bicyclic) bond motifs is 1. The van der Waals surface area contributed by atoms with Crippen LogP contribution in [0.2, 0.25) is 0 Å². The van der Waals surface area contributed by atoms with E-state index in [1.165, 1.54) is 0 Å². The van der Waals surface area contributed by atoms with Gasteiger partial charge in [0.05, 0.1) is 7.11 Å². The Labute approximate surface area is 116 Å². The lowest BCUT2D eigenvalue weighted by atomic mass is 10.1. The van der Waals surface area contributed by atoms with Crippen LogP contribution < -0.4 is 4.74 Å². The zero-order valence-electron chi connectivity index (χ0n) is 9.55. The van der Waals surface area contributed by atoms with Crippen LogP contribution >= 0.6 is 22.6 Å². The second-order valence-electron chi connectivity index (χ2n) is 4.28. The van der Waals surface area contributed by atoms with Crippen LogP contribution in [0.5, 0.6) is 5.75 Å². The highest BCUT2D eigenvalue weighted by atomic mass is 127. The van der Waals surface area contributed by atoms with Gasteiger partial charge in [-0.1, -0.05) is 0 Å². The number of pyridine rings is 1. The van der Waals surface area contributed by atoms with E-state index in [0.717, 1.165) is 3.70 Å². The number of methoxy groups -OCH3 is 1. The molecular formula is C11H10IN3O3. The molecule has 1 aliphatic rings. The van der Waals surface area contributed by atoms with Gasteiger partial charge in [-0.3, -0.25) is 4.79 Å². The van der Waals surface area contributed by atoms with Crippen molar-refractivity contribution < 1.29 is 14.6 Å². The maximum atomic E-state index is 11.3. The quantitative estimate of drug-likeness (QED) is 0.663. The summed E-state index contributed by atoms with van der Waals surface area (Å²) >= 11 is 2.13. The summed E-state index contributed by atoms with van der Waals surface area (Å²) in [4.78, 5) is 15.6. The van der Waals surface area contributed by atoms with Gasteiger partial charge in [0.2, 0.25) is 0 Å². The van der Waals surface area contributed by atoms with Crippen molar-refractivity contribution in [2.45, 2.75) is 18.3 Å². The van der Waals surface area contributed by atoms with E-state index in [0.29, 0.717) is 30.1 Å². The topological polar surface area (TPSA) is 76.7 Å². The molecule has 7 heteroatoms. The predicted molar refractivity (Wildman–Crippen MR) is 70.8 cm³/mol. The fourth-order valence-electron chi connectivity index (χ4n) is 1.93. The van der Waals surface area contributed by atoms with Crippen molar-refractivity contribution >= 4 is 34.2 Å². The number of carboxylic acid groups (broad SMARTS) is 1. The van der Waals surface area contributed by atoms with Crippen LogP contribution in [-0.2, 0) is 10.2 Å². The van der Waals surface area contributed by atoms with Gasteiger partial charge in [-0.05, 0) is 47.6 Å². The Morgan fingerprint density at radius 2 is 2.28 bits per heavy atom. The maximum absolute atomic E-state index is 11.3. The van der Waals surface area contributed by atoms with E-state index in [-0.39, 0.29) is 0 Å². The molecule has 2 heterocycles. The van der Waals surface area contributed by atoms with Gasteiger partial charge in [0, 0.05) is 0 Å². The molecule has 0 bridgehead atoms. The largest absolute Gasteiger partial charge is 0.493 e. The molecule has 6 nitrogen and oxygen atoms in total. The number of ether oxygens (including phenoxy) is 1. The van der Waals surface area contributed by atoms with Gasteiger partial charge in [0.15, 0.2) is 17.2 Å². The van der Waals surface area contributed by atoms with Gasteiger partial charge in [-0.25, -0.2) is 9.50 Å². The van der Waals surface area contributed by atoms with Crippen LogP contribution in [0, 0.1) is 3.70 Å². The number of rotatable bonds is 3. The Kier molecular flexibility index (Phi) is 2.47. The summed E-state index contributed by atoms with van der Waals surface area (Å²) in [5, 5.41) is 13.6. The van der Waals surface area contributed by atoms with Crippen LogP contribution in [0.1, 0.15) is 18.7 Å². The third-order valence-corrected chi connectivity index (χ3v) is 4.03. The maximum Gasteiger partial charge on any atom is 0.317 e. The lowest BCUT2D eigenvalue weighted by Crippen LogP contribution is -2.21. The molecule has 94 valence electrons. The van der Waals surface area contributed by atoms with Crippen molar-refractivity contribution in [2.24, 2.45) is 0 Å². The summed E-state index contributed by atoms with van der Waals surface area (Å²) in [6.07, 6.45) is 1.19. The van der Waals surface area contributed by atoms with Crippen LogP contribution in [-0.4, -0.2) is 32.8 Å². The minimum Gasteiger partial charge on any atom is -0.493 e. The monoisotopic (exact) mass is 359 g/mol. The first kappa shape index (κ1) is 11.7. The van der Waals surface area contributed by atoms with Crippen LogP contribution in [0.4, 0.5) is 0 Å². The molecule has 3 rings (SSSR count). The summed E-state index contributed by atoms with van der Waals surface area (Å²) in [7, 11) is 1.56. The number of carbonyl (C=O) groups is 1. The number of aliphatic carboxylic acids is 1. The highest BCUT2D eigenvalue weighted by Crippen LogP contribution is 2.47. The van der Waals surface area contributed by atoms with E-state index in [1.807, 2.05) is 6.07 Å². The first-order chi connectivity index (χ1) is 8.58. The molecule has 0 amide bonds. The van der Waals surface area contributed by atoms with Crippen molar-refractivity contribution in [3.63, 3.8) is 0 Å². The highest BCUT2D eigenvalue weighted by molar-refractivity contribution is 14.1. The number of carboxylic acids is 1. The van der Waals surface area contributed by atoms with E-state index in [4.69, 9.17) is 4.74 Å². The molecule has 0 aliphatic heterocycles. The number of hydrogen-bond acceptors (Lipinski definition) is 4. The fourth-order valence-corrected chi connectivity index (χ4v) is 2.45. The zero-order valence-corrected chi connectivity index (χ0v) is 11.7. The molecule has 2 aromatic heterocycles. The van der Waals surface area contributed by atoms with Crippen molar-refractivity contribution in [3.8, 4) is 5.75 Å². The molecule has 0 saturated heterocycles. The molecule has 0 aromatic carbocycles. The van der Waals surface area contributed by atoms with Gasteiger partial charge < -0.3 is 9.84 Å². The summed E-state index contributed by atoms with van der Waals surface area (Å²) in [6, 6.07) is 3.65. The molecule has 0 unspecified atom stereocenters. The molecular weight excluding hydrogens is 349 g/mol. The minimum absolute atomic E-state index is 0.373. The minimum atomic E-state index is -0.889. The van der Waals surface area contributed by atoms with Crippen molar-refractivity contribution in [1.29, 1.82) is 0 Å². The van der Waals surface area contributed by atoms with Crippen LogP contribution in [0.25, 0.3) is 5.65 Å². The summed E-state index contributed by atoms with van der Waals surface area (Å²) in [6.45, 7) is 0.